The first kappa shape index (κ1) is 21.6. The molecule has 0 aliphatic carbocycles. The number of carbonyl (C=O) groups excluding carboxylic acids is 2. The number of morpholine rings is 1. The molecular formula is C22H27N3O5. The Bertz CT molecular complexity index is 946. The molecule has 0 saturated carbocycles. The Labute approximate surface area is 175 Å². The van der Waals surface area contributed by atoms with Crippen LogP contribution in [-0.2, 0) is 11.8 Å². The summed E-state index contributed by atoms with van der Waals surface area (Å²) >= 11 is 0. The van der Waals surface area contributed by atoms with E-state index in [2.05, 4.69) is 12.2 Å². The van der Waals surface area contributed by atoms with Gasteiger partial charge in [0.25, 0.3) is 17.4 Å². The predicted octanol–water partition coefficient (Wildman–Crippen LogP) is 2.29. The summed E-state index contributed by atoms with van der Waals surface area (Å²) in [7, 11) is 1.55. The van der Waals surface area contributed by atoms with Gasteiger partial charge < -0.3 is 24.3 Å². The first-order chi connectivity index (χ1) is 14.5. The van der Waals surface area contributed by atoms with Crippen molar-refractivity contribution in [1.82, 2.24) is 9.47 Å². The summed E-state index contributed by atoms with van der Waals surface area (Å²) in [6.45, 7) is 4.68. The minimum Gasteiger partial charge on any atom is -0.494 e. The summed E-state index contributed by atoms with van der Waals surface area (Å²) in [5.41, 5.74) is 0.407. The second-order valence-electron chi connectivity index (χ2n) is 7.14. The van der Waals surface area contributed by atoms with Gasteiger partial charge >= 0.3 is 0 Å². The molecule has 1 aromatic heterocycles. The van der Waals surface area contributed by atoms with Gasteiger partial charge in [0.2, 0.25) is 0 Å². The van der Waals surface area contributed by atoms with Gasteiger partial charge in [0.1, 0.15) is 11.4 Å². The maximum Gasteiger partial charge on any atom is 0.274 e. The highest BCUT2D eigenvalue weighted by Gasteiger charge is 2.21. The van der Waals surface area contributed by atoms with Crippen molar-refractivity contribution in [2.75, 3.05) is 38.2 Å². The smallest absolute Gasteiger partial charge is 0.274 e. The monoisotopic (exact) mass is 413 g/mol. The number of pyridine rings is 1. The first-order valence-corrected chi connectivity index (χ1v) is 10.1. The summed E-state index contributed by atoms with van der Waals surface area (Å²) in [5, 5.41) is 2.63. The van der Waals surface area contributed by atoms with Gasteiger partial charge in [0, 0.05) is 31.9 Å². The van der Waals surface area contributed by atoms with E-state index in [0.717, 1.165) is 12.8 Å². The van der Waals surface area contributed by atoms with Gasteiger partial charge in [-0.1, -0.05) is 13.3 Å². The van der Waals surface area contributed by atoms with Gasteiger partial charge in [0.05, 0.1) is 25.4 Å². The molecule has 1 fully saturated rings. The van der Waals surface area contributed by atoms with Gasteiger partial charge in [-0.3, -0.25) is 14.4 Å². The molecule has 0 spiro atoms. The number of aryl methyl sites for hydroxylation is 1. The van der Waals surface area contributed by atoms with Crippen molar-refractivity contribution in [3.63, 3.8) is 0 Å². The molecule has 2 amide bonds. The molecule has 30 heavy (non-hydrogen) atoms. The number of carbonyl (C=O) groups is 2. The Hall–Kier alpha value is -3.13. The average molecular weight is 413 g/mol. The van der Waals surface area contributed by atoms with E-state index in [4.69, 9.17) is 9.47 Å². The molecule has 0 bridgehead atoms. The Morgan fingerprint density at radius 1 is 1.13 bits per heavy atom. The van der Waals surface area contributed by atoms with Crippen molar-refractivity contribution in [3.8, 4) is 5.75 Å². The zero-order valence-electron chi connectivity index (χ0n) is 17.3. The summed E-state index contributed by atoms with van der Waals surface area (Å²) in [4.78, 5) is 39.5. The maximum absolute atomic E-state index is 12.7. The molecule has 1 aromatic carbocycles. The van der Waals surface area contributed by atoms with Gasteiger partial charge in [-0.05, 0) is 36.8 Å². The lowest BCUT2D eigenvalue weighted by Crippen LogP contribution is -2.41. The lowest BCUT2D eigenvalue weighted by molar-refractivity contribution is 0.0302. The van der Waals surface area contributed by atoms with E-state index in [-0.39, 0.29) is 17.2 Å². The zero-order valence-corrected chi connectivity index (χ0v) is 17.3. The number of hydrogen-bond donors (Lipinski definition) is 1. The van der Waals surface area contributed by atoms with Crippen LogP contribution in [0.2, 0.25) is 0 Å². The molecule has 0 radical (unpaired) electrons. The van der Waals surface area contributed by atoms with E-state index in [1.165, 1.54) is 16.8 Å². The average Bonchev–Trinajstić information content (AvgIpc) is 2.77. The van der Waals surface area contributed by atoms with Gasteiger partial charge in [-0.2, -0.15) is 0 Å². The molecule has 160 valence electrons. The highest BCUT2D eigenvalue weighted by Crippen LogP contribution is 2.15. The van der Waals surface area contributed by atoms with Crippen LogP contribution in [0, 0.1) is 0 Å². The molecule has 8 nitrogen and oxygen atoms in total. The maximum atomic E-state index is 12.7. The first-order valence-electron chi connectivity index (χ1n) is 10.1. The molecule has 1 aliphatic heterocycles. The summed E-state index contributed by atoms with van der Waals surface area (Å²) < 4.78 is 12.2. The standard InChI is InChI=1S/C22H27N3O5/c1-3-4-11-30-18-7-5-16(6-8-18)20(26)23-19-14-17(15-24(2)22(19)28)21(27)25-9-12-29-13-10-25/h5-8,14-15H,3-4,9-13H2,1-2H3,(H,23,26). The molecule has 1 N–H and O–H groups in total. The van der Waals surface area contributed by atoms with Crippen LogP contribution in [0.15, 0.2) is 41.3 Å². The third-order valence-electron chi connectivity index (χ3n) is 4.86. The number of benzene rings is 1. The molecule has 3 rings (SSSR count). The van der Waals surface area contributed by atoms with E-state index in [1.54, 1.807) is 36.2 Å². The number of unbranched alkanes of at least 4 members (excludes halogenated alkanes) is 1. The van der Waals surface area contributed by atoms with Crippen molar-refractivity contribution in [2.45, 2.75) is 19.8 Å². The molecule has 0 atom stereocenters. The minimum absolute atomic E-state index is 0.0601. The number of nitrogens with one attached hydrogen (secondary N) is 1. The number of nitrogens with zero attached hydrogens (tertiary/aromatic N) is 2. The normalized spacial score (nSPS) is 13.7. The van der Waals surface area contributed by atoms with Crippen LogP contribution in [-0.4, -0.2) is 54.2 Å². The Balaban J connectivity index is 1.73. The second kappa shape index (κ2) is 10.1. The van der Waals surface area contributed by atoms with Crippen molar-refractivity contribution in [2.24, 2.45) is 7.05 Å². The van der Waals surface area contributed by atoms with E-state index < -0.39 is 5.91 Å². The summed E-state index contributed by atoms with van der Waals surface area (Å²) in [6, 6.07) is 8.16. The zero-order chi connectivity index (χ0) is 21.5. The van der Waals surface area contributed by atoms with E-state index >= 15 is 0 Å². The van der Waals surface area contributed by atoms with Gasteiger partial charge in [0.15, 0.2) is 0 Å². The number of anilines is 1. The largest absolute Gasteiger partial charge is 0.494 e. The van der Waals surface area contributed by atoms with Crippen LogP contribution < -0.4 is 15.6 Å². The van der Waals surface area contributed by atoms with Crippen LogP contribution in [0.5, 0.6) is 5.75 Å². The number of aromatic nitrogens is 1. The lowest BCUT2D eigenvalue weighted by Gasteiger charge is -2.27. The Kier molecular flexibility index (Phi) is 7.24. The molecule has 8 heteroatoms. The molecule has 2 aromatic rings. The fourth-order valence-electron chi connectivity index (χ4n) is 3.10. The highest BCUT2D eigenvalue weighted by molar-refractivity contribution is 6.05. The quantitative estimate of drug-likeness (QED) is 0.704. The fourth-order valence-corrected chi connectivity index (χ4v) is 3.10. The molecule has 0 unspecified atom stereocenters. The number of hydrogen-bond acceptors (Lipinski definition) is 5. The summed E-state index contributed by atoms with van der Waals surface area (Å²) in [5.74, 6) is 0.0650. The highest BCUT2D eigenvalue weighted by atomic mass is 16.5. The Morgan fingerprint density at radius 2 is 1.83 bits per heavy atom. The summed E-state index contributed by atoms with van der Waals surface area (Å²) in [6.07, 6.45) is 3.49. The SMILES string of the molecule is CCCCOc1ccc(C(=O)Nc2cc(C(=O)N3CCOCC3)cn(C)c2=O)cc1. The van der Waals surface area contributed by atoms with Crippen molar-refractivity contribution < 1.29 is 19.1 Å². The van der Waals surface area contributed by atoms with Crippen molar-refractivity contribution in [1.29, 1.82) is 0 Å². The van der Waals surface area contributed by atoms with Gasteiger partial charge in [-0.15, -0.1) is 0 Å². The van der Waals surface area contributed by atoms with Crippen LogP contribution in [0.4, 0.5) is 5.69 Å². The van der Waals surface area contributed by atoms with Crippen molar-refractivity contribution >= 4 is 17.5 Å². The van der Waals surface area contributed by atoms with Crippen LogP contribution in [0.3, 0.4) is 0 Å². The van der Waals surface area contributed by atoms with Crippen LogP contribution in [0.25, 0.3) is 0 Å². The molecule has 2 heterocycles. The number of amides is 2. The van der Waals surface area contributed by atoms with Crippen LogP contribution in [0.1, 0.15) is 40.5 Å². The van der Waals surface area contributed by atoms with Crippen LogP contribution >= 0.6 is 0 Å². The second-order valence-corrected chi connectivity index (χ2v) is 7.14. The van der Waals surface area contributed by atoms with E-state index in [1.807, 2.05) is 0 Å². The molecule has 1 aliphatic rings. The minimum atomic E-state index is -0.428. The third-order valence-corrected chi connectivity index (χ3v) is 4.86. The number of rotatable bonds is 7. The van der Waals surface area contributed by atoms with E-state index in [9.17, 15) is 14.4 Å². The van der Waals surface area contributed by atoms with Gasteiger partial charge in [-0.25, -0.2) is 0 Å². The lowest BCUT2D eigenvalue weighted by atomic mass is 10.2. The predicted molar refractivity (Wildman–Crippen MR) is 113 cm³/mol. The topological polar surface area (TPSA) is 89.9 Å². The van der Waals surface area contributed by atoms with Crippen molar-refractivity contribution in [3.05, 3.63) is 58.0 Å². The number of ether oxygens (including phenoxy) is 2. The van der Waals surface area contributed by atoms with E-state index in [0.29, 0.717) is 49.8 Å². The molecule has 1 saturated heterocycles. The fraction of sp³-hybridized carbons (Fsp3) is 0.409. The molecular weight excluding hydrogens is 386 g/mol. The Morgan fingerprint density at radius 3 is 2.50 bits per heavy atom. The third kappa shape index (κ3) is 5.27.